The summed E-state index contributed by atoms with van der Waals surface area (Å²) in [4.78, 5) is 56.5. The topological polar surface area (TPSA) is 80.8 Å². The molecule has 33 heavy (non-hydrogen) atoms. The number of benzene rings is 2. The number of amides is 2. The Balaban J connectivity index is 1.51. The second kappa shape index (κ2) is 7.19. The molecule has 0 bridgehead atoms. The van der Waals surface area contributed by atoms with Crippen molar-refractivity contribution in [1.29, 1.82) is 0 Å². The van der Waals surface area contributed by atoms with Crippen LogP contribution in [0.2, 0.25) is 0 Å². The Kier molecular flexibility index (Phi) is 4.46. The molecular weight excluding hydrogens is 418 g/mol. The number of hydrogen-bond donors (Lipinski definition) is 0. The zero-order chi connectivity index (χ0) is 22.9. The Bertz CT molecular complexity index is 1180. The van der Waals surface area contributed by atoms with E-state index in [1.54, 1.807) is 24.3 Å². The molecule has 0 aromatic heterocycles. The molecule has 0 unspecified atom stereocenters. The number of carbonyl (C=O) groups excluding carboxylic acids is 4. The number of hydrogen-bond acceptors (Lipinski definition) is 5. The van der Waals surface area contributed by atoms with Crippen molar-refractivity contribution in [3.63, 3.8) is 0 Å². The normalized spacial score (nSPS) is 28.6. The number of carbonyl (C=O) groups is 4. The second-order valence-electron chi connectivity index (χ2n) is 9.73. The second-order valence-corrected chi connectivity index (χ2v) is 9.73. The number of nitrogens with zero attached hydrogens (tertiary/aromatic N) is 1. The van der Waals surface area contributed by atoms with Gasteiger partial charge in [0.25, 0.3) is 0 Å². The lowest BCUT2D eigenvalue weighted by molar-refractivity contribution is -0.148. The SMILES string of the molecule is Cc1cccc([C@@H]2OC3(C(=O)c4ccccc4C3=O)[C@@H]3C(=O)N(C4CCCCC4)C(=O)[C@H]32)c1. The van der Waals surface area contributed by atoms with Gasteiger partial charge < -0.3 is 4.74 Å². The van der Waals surface area contributed by atoms with Gasteiger partial charge in [-0.2, -0.15) is 0 Å². The third-order valence-corrected chi connectivity index (χ3v) is 7.86. The van der Waals surface area contributed by atoms with Crippen LogP contribution in [-0.4, -0.2) is 39.9 Å². The van der Waals surface area contributed by atoms with Gasteiger partial charge in [0.2, 0.25) is 29.0 Å². The van der Waals surface area contributed by atoms with Crippen LogP contribution in [0.4, 0.5) is 0 Å². The molecular formula is C27H25NO5. The van der Waals surface area contributed by atoms with Gasteiger partial charge in [-0.05, 0) is 25.3 Å². The standard InChI is InChI=1S/C27H25NO5/c1-15-8-7-9-16(14-15)22-20-21(26(32)28(25(20)31)17-10-3-2-4-11-17)27(33-22)23(29)18-12-5-6-13-19(18)24(27)30/h5-9,12-14,17,20-22H,2-4,10-11H2,1H3/t20-,21+,22+/m1/s1. The maximum Gasteiger partial charge on any atom is 0.237 e. The number of ketones is 2. The molecule has 2 aliphatic heterocycles. The lowest BCUT2D eigenvalue weighted by atomic mass is 9.77. The minimum Gasteiger partial charge on any atom is -0.349 e. The lowest BCUT2D eigenvalue weighted by Crippen LogP contribution is -2.52. The van der Waals surface area contributed by atoms with Crippen molar-refractivity contribution < 1.29 is 23.9 Å². The van der Waals surface area contributed by atoms with E-state index in [0.29, 0.717) is 5.56 Å². The van der Waals surface area contributed by atoms with Gasteiger partial charge in [0.1, 0.15) is 0 Å². The molecule has 2 heterocycles. The average molecular weight is 443 g/mol. The van der Waals surface area contributed by atoms with Crippen molar-refractivity contribution in [2.45, 2.75) is 56.8 Å². The van der Waals surface area contributed by atoms with E-state index in [2.05, 4.69) is 0 Å². The Morgan fingerprint density at radius 1 is 0.848 bits per heavy atom. The molecule has 3 fully saturated rings. The van der Waals surface area contributed by atoms with E-state index in [1.807, 2.05) is 31.2 Å². The monoisotopic (exact) mass is 443 g/mol. The Morgan fingerprint density at radius 2 is 1.52 bits per heavy atom. The number of aryl methyl sites for hydroxylation is 1. The first kappa shape index (κ1) is 20.5. The molecule has 2 aliphatic carbocycles. The van der Waals surface area contributed by atoms with E-state index < -0.39 is 41.0 Å². The summed E-state index contributed by atoms with van der Waals surface area (Å²) < 4.78 is 6.33. The van der Waals surface area contributed by atoms with Crippen molar-refractivity contribution in [2.24, 2.45) is 11.8 Å². The first-order valence-electron chi connectivity index (χ1n) is 11.7. The minimum atomic E-state index is -1.97. The molecule has 1 spiro atoms. The zero-order valence-electron chi connectivity index (χ0n) is 18.5. The quantitative estimate of drug-likeness (QED) is 0.521. The number of fused-ring (bicyclic) bond motifs is 3. The molecule has 6 rings (SSSR count). The van der Waals surface area contributed by atoms with E-state index in [0.717, 1.165) is 37.7 Å². The van der Waals surface area contributed by atoms with E-state index in [9.17, 15) is 19.2 Å². The highest BCUT2D eigenvalue weighted by Gasteiger charge is 2.75. The van der Waals surface area contributed by atoms with Crippen molar-refractivity contribution in [3.8, 4) is 0 Å². The maximum absolute atomic E-state index is 13.9. The molecule has 6 heteroatoms. The first-order valence-corrected chi connectivity index (χ1v) is 11.7. The van der Waals surface area contributed by atoms with Crippen molar-refractivity contribution in [1.82, 2.24) is 4.90 Å². The van der Waals surface area contributed by atoms with Crippen molar-refractivity contribution >= 4 is 23.4 Å². The Hall–Kier alpha value is -3.12. The molecule has 3 atom stereocenters. The van der Waals surface area contributed by atoms with Crippen LogP contribution in [0.15, 0.2) is 48.5 Å². The lowest BCUT2D eigenvalue weighted by Gasteiger charge is -2.33. The summed E-state index contributed by atoms with van der Waals surface area (Å²) >= 11 is 0. The van der Waals surface area contributed by atoms with Crippen LogP contribution in [-0.2, 0) is 14.3 Å². The summed E-state index contributed by atoms with van der Waals surface area (Å²) in [5, 5.41) is 0. The van der Waals surface area contributed by atoms with Gasteiger partial charge in [0.15, 0.2) is 0 Å². The van der Waals surface area contributed by atoms with Crippen LogP contribution in [0.5, 0.6) is 0 Å². The van der Waals surface area contributed by atoms with Crippen LogP contribution in [0, 0.1) is 18.8 Å². The molecule has 2 amide bonds. The summed E-state index contributed by atoms with van der Waals surface area (Å²) in [5.74, 6) is -3.76. The first-order chi connectivity index (χ1) is 15.9. The van der Waals surface area contributed by atoms with E-state index in [-0.39, 0.29) is 23.1 Å². The summed E-state index contributed by atoms with van der Waals surface area (Å²) in [6.07, 6.45) is 3.71. The fraction of sp³-hybridized carbons (Fsp3) is 0.407. The number of likely N-dealkylation sites (tertiary alicyclic amines) is 1. The van der Waals surface area contributed by atoms with Gasteiger partial charge in [-0.3, -0.25) is 24.1 Å². The third-order valence-electron chi connectivity index (χ3n) is 7.86. The van der Waals surface area contributed by atoms with Gasteiger partial charge in [-0.1, -0.05) is 73.4 Å². The third kappa shape index (κ3) is 2.64. The molecule has 6 nitrogen and oxygen atoms in total. The Labute approximate surface area is 191 Å². The van der Waals surface area contributed by atoms with Crippen LogP contribution < -0.4 is 0 Å². The molecule has 0 N–H and O–H groups in total. The molecule has 2 aromatic rings. The van der Waals surface area contributed by atoms with Gasteiger partial charge in [-0.25, -0.2) is 0 Å². The van der Waals surface area contributed by atoms with Crippen LogP contribution >= 0.6 is 0 Å². The molecule has 168 valence electrons. The summed E-state index contributed by atoms with van der Waals surface area (Å²) in [5.41, 5.74) is 0.246. The summed E-state index contributed by atoms with van der Waals surface area (Å²) in [6.45, 7) is 1.93. The van der Waals surface area contributed by atoms with Crippen LogP contribution in [0.3, 0.4) is 0 Å². The van der Waals surface area contributed by atoms with Crippen molar-refractivity contribution in [2.75, 3.05) is 0 Å². The number of imide groups is 1. The summed E-state index contributed by atoms with van der Waals surface area (Å²) in [6, 6.07) is 14.0. The largest absolute Gasteiger partial charge is 0.349 e. The minimum absolute atomic E-state index is 0.173. The van der Waals surface area contributed by atoms with E-state index >= 15 is 0 Å². The smallest absolute Gasteiger partial charge is 0.237 e. The van der Waals surface area contributed by atoms with Gasteiger partial charge in [-0.15, -0.1) is 0 Å². The predicted octanol–water partition coefficient (Wildman–Crippen LogP) is 3.82. The number of ether oxygens (including phenoxy) is 1. The number of Topliss-reactive ketones (excluding diaryl/α,β-unsaturated/α-hetero) is 2. The highest BCUT2D eigenvalue weighted by atomic mass is 16.5. The van der Waals surface area contributed by atoms with Gasteiger partial charge in [0, 0.05) is 17.2 Å². The number of rotatable bonds is 2. The highest BCUT2D eigenvalue weighted by Crippen LogP contribution is 2.57. The highest BCUT2D eigenvalue weighted by molar-refractivity contribution is 6.35. The molecule has 0 radical (unpaired) electrons. The molecule has 1 saturated carbocycles. The average Bonchev–Trinajstić information content (AvgIpc) is 3.40. The van der Waals surface area contributed by atoms with E-state index in [1.165, 1.54) is 4.90 Å². The fourth-order valence-electron chi connectivity index (χ4n) is 6.39. The fourth-order valence-corrected chi connectivity index (χ4v) is 6.39. The summed E-state index contributed by atoms with van der Waals surface area (Å²) in [7, 11) is 0. The predicted molar refractivity (Wildman–Crippen MR) is 119 cm³/mol. The molecule has 2 saturated heterocycles. The van der Waals surface area contributed by atoms with Gasteiger partial charge in [0.05, 0.1) is 17.9 Å². The zero-order valence-corrected chi connectivity index (χ0v) is 18.5. The molecule has 4 aliphatic rings. The van der Waals surface area contributed by atoms with Gasteiger partial charge >= 0.3 is 0 Å². The van der Waals surface area contributed by atoms with Crippen LogP contribution in [0.25, 0.3) is 0 Å². The molecule has 2 aromatic carbocycles. The maximum atomic E-state index is 13.9. The van der Waals surface area contributed by atoms with Crippen LogP contribution in [0.1, 0.15) is 70.1 Å². The van der Waals surface area contributed by atoms with E-state index in [4.69, 9.17) is 4.74 Å². The van der Waals surface area contributed by atoms with Crippen molar-refractivity contribution in [3.05, 3.63) is 70.8 Å². The Morgan fingerprint density at radius 3 is 2.15 bits per heavy atom.